The highest BCUT2D eigenvalue weighted by molar-refractivity contribution is 5.16. The lowest BCUT2D eigenvalue weighted by Gasteiger charge is -2.43. The third-order valence-corrected chi connectivity index (χ3v) is 5.36. The van der Waals surface area contributed by atoms with Gasteiger partial charge in [0.1, 0.15) is 5.82 Å². The van der Waals surface area contributed by atoms with Crippen molar-refractivity contribution < 1.29 is 9.50 Å². The molecule has 0 aliphatic carbocycles. The van der Waals surface area contributed by atoms with Crippen molar-refractivity contribution in [2.45, 2.75) is 31.9 Å². The van der Waals surface area contributed by atoms with Crippen LogP contribution in [0, 0.1) is 5.82 Å². The van der Waals surface area contributed by atoms with Crippen LogP contribution in [0.1, 0.15) is 25.3 Å². The van der Waals surface area contributed by atoms with Crippen LogP contribution in [0.5, 0.6) is 0 Å². The number of halogens is 1. The van der Waals surface area contributed by atoms with Gasteiger partial charge in [-0.25, -0.2) is 4.39 Å². The van der Waals surface area contributed by atoms with E-state index in [1.165, 1.54) is 6.07 Å². The van der Waals surface area contributed by atoms with E-state index in [1.54, 1.807) is 12.1 Å². The molecule has 0 amide bonds. The molecule has 4 nitrogen and oxygen atoms in total. The zero-order valence-corrected chi connectivity index (χ0v) is 14.8. The molecule has 2 fully saturated rings. The summed E-state index contributed by atoms with van der Waals surface area (Å²) >= 11 is 0. The van der Waals surface area contributed by atoms with E-state index in [1.807, 2.05) is 6.07 Å². The number of piperidine rings is 1. The fourth-order valence-electron chi connectivity index (χ4n) is 4.02. The lowest BCUT2D eigenvalue weighted by molar-refractivity contribution is -0.0589. The number of nitrogens with zero attached hydrogens (tertiary/aromatic N) is 3. The van der Waals surface area contributed by atoms with Gasteiger partial charge in [-0.3, -0.25) is 9.80 Å². The number of likely N-dealkylation sites (tertiary alicyclic amines) is 1. The van der Waals surface area contributed by atoms with Crippen LogP contribution in [-0.2, 0) is 6.54 Å². The summed E-state index contributed by atoms with van der Waals surface area (Å²) in [5.41, 5.74) is 0.479. The summed E-state index contributed by atoms with van der Waals surface area (Å²) in [7, 11) is 0. The second kappa shape index (κ2) is 7.91. The lowest BCUT2D eigenvalue weighted by atomic mass is 9.92. The second-order valence-electron chi connectivity index (χ2n) is 7.38. The molecule has 2 aliphatic heterocycles. The van der Waals surface area contributed by atoms with Gasteiger partial charge in [0.15, 0.2) is 0 Å². The third kappa shape index (κ3) is 4.76. The minimum absolute atomic E-state index is 0.161. The van der Waals surface area contributed by atoms with Crippen molar-refractivity contribution in [2.24, 2.45) is 0 Å². The van der Waals surface area contributed by atoms with Gasteiger partial charge in [0.25, 0.3) is 0 Å². The van der Waals surface area contributed by atoms with Gasteiger partial charge in [0.05, 0.1) is 5.60 Å². The molecule has 0 spiro atoms. The maximum absolute atomic E-state index is 13.3. The van der Waals surface area contributed by atoms with Crippen molar-refractivity contribution in [3.8, 4) is 0 Å². The first-order valence-electron chi connectivity index (χ1n) is 9.20. The van der Waals surface area contributed by atoms with Crippen LogP contribution in [-0.4, -0.2) is 77.8 Å². The van der Waals surface area contributed by atoms with Crippen LogP contribution in [0.15, 0.2) is 24.3 Å². The molecule has 1 aromatic carbocycles. The molecule has 5 heteroatoms. The Labute approximate surface area is 144 Å². The highest BCUT2D eigenvalue weighted by Gasteiger charge is 2.35. The fraction of sp³-hybridized carbons (Fsp3) is 0.684. The molecule has 2 aliphatic rings. The summed E-state index contributed by atoms with van der Waals surface area (Å²) in [4.78, 5) is 7.11. The molecule has 1 atom stereocenters. The minimum Gasteiger partial charge on any atom is -0.387 e. The molecule has 1 N–H and O–H groups in total. The molecule has 0 saturated carbocycles. The highest BCUT2D eigenvalue weighted by atomic mass is 19.1. The number of rotatable bonds is 5. The fourth-order valence-corrected chi connectivity index (χ4v) is 4.02. The third-order valence-electron chi connectivity index (χ3n) is 5.36. The molecule has 0 unspecified atom stereocenters. The predicted octanol–water partition coefficient (Wildman–Crippen LogP) is 1.79. The Balaban J connectivity index is 1.46. The second-order valence-corrected chi connectivity index (χ2v) is 7.38. The molecule has 0 radical (unpaired) electrons. The summed E-state index contributed by atoms with van der Waals surface area (Å²) in [6.45, 7) is 10.6. The molecule has 24 heavy (non-hydrogen) atoms. The van der Waals surface area contributed by atoms with Crippen LogP contribution < -0.4 is 0 Å². The highest BCUT2D eigenvalue weighted by Crippen LogP contribution is 2.23. The zero-order chi connectivity index (χ0) is 17.0. The van der Waals surface area contributed by atoms with Gasteiger partial charge in [-0.1, -0.05) is 19.1 Å². The Hall–Kier alpha value is -1.01. The SMILES string of the molecule is CCN1CCC[C@](O)(CN2CCN(Cc3cccc(F)c3)CC2)C1. The molecule has 1 aromatic rings. The average Bonchev–Trinajstić information content (AvgIpc) is 2.56. The van der Waals surface area contributed by atoms with E-state index in [0.717, 1.165) is 77.3 Å². The maximum Gasteiger partial charge on any atom is 0.123 e. The van der Waals surface area contributed by atoms with E-state index in [-0.39, 0.29) is 5.82 Å². The quantitative estimate of drug-likeness (QED) is 0.889. The minimum atomic E-state index is -0.557. The maximum atomic E-state index is 13.3. The van der Waals surface area contributed by atoms with Gasteiger partial charge in [-0.15, -0.1) is 0 Å². The van der Waals surface area contributed by atoms with Crippen LogP contribution in [0.3, 0.4) is 0 Å². The van der Waals surface area contributed by atoms with Gasteiger partial charge >= 0.3 is 0 Å². The molecule has 0 bridgehead atoms. The number of hydrogen-bond donors (Lipinski definition) is 1. The van der Waals surface area contributed by atoms with Gasteiger partial charge in [0, 0.05) is 45.8 Å². The smallest absolute Gasteiger partial charge is 0.123 e. The first-order chi connectivity index (χ1) is 11.6. The Morgan fingerprint density at radius 1 is 1.08 bits per heavy atom. The Morgan fingerprint density at radius 3 is 2.54 bits per heavy atom. The van der Waals surface area contributed by atoms with Gasteiger partial charge in [-0.2, -0.15) is 0 Å². The van der Waals surface area contributed by atoms with Gasteiger partial charge in [0.2, 0.25) is 0 Å². The molecular formula is C19H30FN3O. The normalized spacial score (nSPS) is 27.5. The van der Waals surface area contributed by atoms with Crippen molar-refractivity contribution in [3.63, 3.8) is 0 Å². The Kier molecular flexibility index (Phi) is 5.87. The number of β-amino-alcohol motifs (C(OH)–C–C–N with tert-alkyl or cyclic N) is 1. The largest absolute Gasteiger partial charge is 0.387 e. The number of likely N-dealkylation sites (N-methyl/N-ethyl adjacent to an activating group) is 1. The molecule has 2 heterocycles. The molecule has 3 rings (SSSR count). The summed E-state index contributed by atoms with van der Waals surface area (Å²) in [6, 6.07) is 6.88. The summed E-state index contributed by atoms with van der Waals surface area (Å²) in [5.74, 6) is -0.161. The van der Waals surface area contributed by atoms with Gasteiger partial charge in [-0.05, 0) is 43.6 Å². The van der Waals surface area contributed by atoms with E-state index in [4.69, 9.17) is 0 Å². The van der Waals surface area contributed by atoms with E-state index in [2.05, 4.69) is 21.6 Å². The van der Waals surface area contributed by atoms with Crippen LogP contribution >= 0.6 is 0 Å². The lowest BCUT2D eigenvalue weighted by Crippen LogP contribution is -2.57. The standard InChI is InChI=1S/C19H30FN3O/c1-2-21-8-4-7-19(24,15-21)16-23-11-9-22(10-12-23)14-17-5-3-6-18(20)13-17/h3,5-6,13,24H,2,4,7-12,14-16H2,1H3/t19-/m1/s1. The van der Waals surface area contributed by atoms with E-state index >= 15 is 0 Å². The first kappa shape index (κ1) is 17.8. The van der Waals surface area contributed by atoms with Gasteiger partial charge < -0.3 is 10.0 Å². The zero-order valence-electron chi connectivity index (χ0n) is 14.8. The summed E-state index contributed by atoms with van der Waals surface area (Å²) < 4.78 is 13.3. The Morgan fingerprint density at radius 2 is 1.83 bits per heavy atom. The van der Waals surface area contributed by atoms with Crippen LogP contribution in [0.4, 0.5) is 4.39 Å². The summed E-state index contributed by atoms with van der Waals surface area (Å²) in [6.07, 6.45) is 2.00. The monoisotopic (exact) mass is 335 g/mol. The summed E-state index contributed by atoms with van der Waals surface area (Å²) in [5, 5.41) is 10.9. The van der Waals surface area contributed by atoms with Crippen molar-refractivity contribution in [3.05, 3.63) is 35.6 Å². The van der Waals surface area contributed by atoms with Crippen molar-refractivity contribution >= 4 is 0 Å². The van der Waals surface area contributed by atoms with Crippen LogP contribution in [0.2, 0.25) is 0 Å². The van der Waals surface area contributed by atoms with Crippen molar-refractivity contribution in [2.75, 3.05) is 52.4 Å². The van der Waals surface area contributed by atoms with E-state index < -0.39 is 5.60 Å². The number of aliphatic hydroxyl groups is 1. The molecule has 2 saturated heterocycles. The average molecular weight is 335 g/mol. The molecule has 134 valence electrons. The molecular weight excluding hydrogens is 305 g/mol. The van der Waals surface area contributed by atoms with Crippen molar-refractivity contribution in [1.29, 1.82) is 0 Å². The topological polar surface area (TPSA) is 30.0 Å². The number of hydrogen-bond acceptors (Lipinski definition) is 4. The van der Waals surface area contributed by atoms with Crippen LogP contribution in [0.25, 0.3) is 0 Å². The first-order valence-corrected chi connectivity index (χ1v) is 9.20. The predicted molar refractivity (Wildman–Crippen MR) is 94.4 cm³/mol. The van der Waals surface area contributed by atoms with Crippen molar-refractivity contribution in [1.82, 2.24) is 14.7 Å². The van der Waals surface area contributed by atoms with E-state index in [0.29, 0.717) is 0 Å². The Bertz CT molecular complexity index is 533. The number of piperazine rings is 1. The number of benzene rings is 1. The molecule has 0 aromatic heterocycles. The van der Waals surface area contributed by atoms with E-state index in [9.17, 15) is 9.50 Å².